The summed E-state index contributed by atoms with van der Waals surface area (Å²) in [6.07, 6.45) is -0.748. The molecule has 2 unspecified atom stereocenters. The number of hydrogen-bond acceptors (Lipinski definition) is 4. The molecule has 1 aromatic rings. The normalized spacial score (nSPS) is 17.1. The van der Waals surface area contributed by atoms with E-state index < -0.39 is 12.1 Å². The molecule has 0 saturated carbocycles. The molecule has 0 spiro atoms. The van der Waals surface area contributed by atoms with E-state index >= 15 is 0 Å². The predicted molar refractivity (Wildman–Crippen MR) is 94.2 cm³/mol. The standard InChI is InChI=1S/C16H20BrClN2O4/c1-10(16(22)20-5-7-23-8-6-20)19-15(21)11(2)24-14-4-3-12(18)9-13(14)17/h3-4,9-11H,5-8H2,1-2H3,(H,19,21). The van der Waals surface area contributed by atoms with Gasteiger partial charge in [-0.2, -0.15) is 0 Å². The van der Waals surface area contributed by atoms with Gasteiger partial charge in [-0.05, 0) is 48.0 Å². The van der Waals surface area contributed by atoms with E-state index in [0.29, 0.717) is 41.5 Å². The molecule has 6 nitrogen and oxygen atoms in total. The number of morpholine rings is 1. The molecule has 2 atom stereocenters. The Hall–Kier alpha value is -1.31. The van der Waals surface area contributed by atoms with Crippen LogP contribution in [0.1, 0.15) is 13.8 Å². The molecule has 1 aromatic carbocycles. The van der Waals surface area contributed by atoms with E-state index in [1.807, 2.05) is 0 Å². The molecule has 1 aliphatic rings. The second kappa shape index (κ2) is 8.69. The van der Waals surface area contributed by atoms with Crippen LogP contribution in [0.5, 0.6) is 5.75 Å². The van der Waals surface area contributed by atoms with Crippen molar-refractivity contribution < 1.29 is 19.1 Å². The van der Waals surface area contributed by atoms with Crippen LogP contribution in [0.15, 0.2) is 22.7 Å². The first-order valence-corrected chi connectivity index (χ1v) is 8.84. The van der Waals surface area contributed by atoms with Gasteiger partial charge in [0.1, 0.15) is 11.8 Å². The summed E-state index contributed by atoms with van der Waals surface area (Å²) in [4.78, 5) is 26.2. The van der Waals surface area contributed by atoms with E-state index in [-0.39, 0.29) is 11.8 Å². The Kier molecular flexibility index (Phi) is 6.89. The highest BCUT2D eigenvalue weighted by Gasteiger charge is 2.26. The average Bonchev–Trinajstić information content (AvgIpc) is 2.57. The van der Waals surface area contributed by atoms with E-state index in [4.69, 9.17) is 21.1 Å². The minimum atomic E-state index is -0.748. The molecular formula is C16H20BrClN2O4. The van der Waals surface area contributed by atoms with Gasteiger partial charge < -0.3 is 19.7 Å². The summed E-state index contributed by atoms with van der Waals surface area (Å²) in [6, 6.07) is 4.43. The SMILES string of the molecule is CC(NC(=O)C(C)Oc1ccc(Cl)cc1Br)C(=O)N1CCOCC1. The van der Waals surface area contributed by atoms with Crippen molar-refractivity contribution in [3.05, 3.63) is 27.7 Å². The predicted octanol–water partition coefficient (Wildman–Crippen LogP) is 2.23. The number of nitrogens with zero attached hydrogens (tertiary/aromatic N) is 1. The van der Waals surface area contributed by atoms with Crippen molar-refractivity contribution >= 4 is 39.3 Å². The highest BCUT2D eigenvalue weighted by Crippen LogP contribution is 2.28. The van der Waals surface area contributed by atoms with Crippen LogP contribution >= 0.6 is 27.5 Å². The molecule has 132 valence electrons. The lowest BCUT2D eigenvalue weighted by Crippen LogP contribution is -2.52. The average molecular weight is 420 g/mol. The van der Waals surface area contributed by atoms with Gasteiger partial charge in [0.15, 0.2) is 6.10 Å². The van der Waals surface area contributed by atoms with Crippen LogP contribution in [0.4, 0.5) is 0 Å². The number of ether oxygens (including phenoxy) is 2. The van der Waals surface area contributed by atoms with Crippen molar-refractivity contribution in [1.29, 1.82) is 0 Å². The number of hydrogen-bond donors (Lipinski definition) is 1. The summed E-state index contributed by atoms with van der Waals surface area (Å²) in [6.45, 7) is 5.43. The van der Waals surface area contributed by atoms with Gasteiger partial charge in [0, 0.05) is 18.1 Å². The Labute approximate surface area is 154 Å². The minimum absolute atomic E-state index is 0.119. The fourth-order valence-corrected chi connectivity index (χ4v) is 3.04. The molecule has 2 amide bonds. The first-order valence-electron chi connectivity index (χ1n) is 7.67. The number of amides is 2. The third kappa shape index (κ3) is 5.09. The number of halogens is 2. The highest BCUT2D eigenvalue weighted by molar-refractivity contribution is 9.10. The van der Waals surface area contributed by atoms with Crippen molar-refractivity contribution in [3.63, 3.8) is 0 Å². The van der Waals surface area contributed by atoms with Gasteiger partial charge in [0.05, 0.1) is 17.7 Å². The van der Waals surface area contributed by atoms with Crippen LogP contribution in [0, 0.1) is 0 Å². The fraction of sp³-hybridized carbons (Fsp3) is 0.500. The Morgan fingerprint density at radius 3 is 2.62 bits per heavy atom. The Morgan fingerprint density at radius 2 is 2.00 bits per heavy atom. The maximum Gasteiger partial charge on any atom is 0.261 e. The van der Waals surface area contributed by atoms with Crippen molar-refractivity contribution in [3.8, 4) is 5.75 Å². The van der Waals surface area contributed by atoms with Crippen LogP contribution in [-0.4, -0.2) is 55.2 Å². The minimum Gasteiger partial charge on any atom is -0.480 e. The third-order valence-corrected chi connectivity index (χ3v) is 4.47. The van der Waals surface area contributed by atoms with E-state index in [1.54, 1.807) is 36.9 Å². The topological polar surface area (TPSA) is 67.9 Å². The van der Waals surface area contributed by atoms with Gasteiger partial charge in [-0.15, -0.1) is 0 Å². The zero-order valence-electron chi connectivity index (χ0n) is 13.6. The van der Waals surface area contributed by atoms with Crippen LogP contribution in [0.3, 0.4) is 0 Å². The monoisotopic (exact) mass is 418 g/mol. The number of carbonyl (C=O) groups is 2. The fourth-order valence-electron chi connectivity index (χ4n) is 2.26. The van der Waals surface area contributed by atoms with Crippen LogP contribution < -0.4 is 10.1 Å². The first kappa shape index (κ1) is 19.0. The molecule has 24 heavy (non-hydrogen) atoms. The summed E-state index contributed by atoms with van der Waals surface area (Å²) < 4.78 is 11.5. The molecule has 0 aromatic heterocycles. The smallest absolute Gasteiger partial charge is 0.261 e. The van der Waals surface area contributed by atoms with E-state index in [1.165, 1.54) is 0 Å². The summed E-state index contributed by atoms with van der Waals surface area (Å²) in [5.41, 5.74) is 0. The number of rotatable bonds is 5. The molecule has 0 radical (unpaired) electrons. The maximum absolute atomic E-state index is 12.3. The second-order valence-corrected chi connectivity index (χ2v) is 6.79. The van der Waals surface area contributed by atoms with E-state index in [0.717, 1.165) is 0 Å². The van der Waals surface area contributed by atoms with Crippen molar-refractivity contribution in [2.75, 3.05) is 26.3 Å². The quantitative estimate of drug-likeness (QED) is 0.795. The molecular weight excluding hydrogens is 400 g/mol. The lowest BCUT2D eigenvalue weighted by atomic mass is 10.2. The lowest BCUT2D eigenvalue weighted by Gasteiger charge is -2.29. The van der Waals surface area contributed by atoms with Crippen LogP contribution in [0.25, 0.3) is 0 Å². The Bertz CT molecular complexity index is 608. The molecule has 1 N–H and O–H groups in total. The summed E-state index contributed by atoms with van der Waals surface area (Å²) in [5, 5.41) is 3.26. The van der Waals surface area contributed by atoms with Crippen molar-refractivity contribution in [2.24, 2.45) is 0 Å². The molecule has 1 fully saturated rings. The molecule has 1 heterocycles. The first-order chi connectivity index (χ1) is 11.4. The Morgan fingerprint density at radius 1 is 1.33 bits per heavy atom. The molecule has 1 saturated heterocycles. The molecule has 8 heteroatoms. The van der Waals surface area contributed by atoms with Gasteiger partial charge in [-0.1, -0.05) is 11.6 Å². The molecule has 0 bridgehead atoms. The summed E-state index contributed by atoms with van der Waals surface area (Å²) in [5.74, 6) is 0.0340. The van der Waals surface area contributed by atoms with E-state index in [9.17, 15) is 9.59 Å². The Balaban J connectivity index is 1.89. The second-order valence-electron chi connectivity index (χ2n) is 5.50. The van der Waals surface area contributed by atoms with E-state index in [2.05, 4.69) is 21.2 Å². The van der Waals surface area contributed by atoms with Crippen LogP contribution in [-0.2, 0) is 14.3 Å². The molecule has 2 rings (SSSR count). The van der Waals surface area contributed by atoms with Crippen LogP contribution in [0.2, 0.25) is 5.02 Å². The maximum atomic E-state index is 12.3. The lowest BCUT2D eigenvalue weighted by molar-refractivity contribution is -0.140. The summed E-state index contributed by atoms with van der Waals surface area (Å²) >= 11 is 9.21. The van der Waals surface area contributed by atoms with Gasteiger partial charge in [0.2, 0.25) is 5.91 Å². The van der Waals surface area contributed by atoms with Crippen molar-refractivity contribution in [2.45, 2.75) is 26.0 Å². The molecule has 0 aliphatic carbocycles. The zero-order chi connectivity index (χ0) is 17.7. The van der Waals surface area contributed by atoms with Gasteiger partial charge in [0.25, 0.3) is 5.91 Å². The number of carbonyl (C=O) groups excluding carboxylic acids is 2. The highest BCUT2D eigenvalue weighted by atomic mass is 79.9. The molecule has 1 aliphatic heterocycles. The zero-order valence-corrected chi connectivity index (χ0v) is 15.9. The number of nitrogens with one attached hydrogen (secondary N) is 1. The van der Waals surface area contributed by atoms with Gasteiger partial charge >= 0.3 is 0 Å². The van der Waals surface area contributed by atoms with Gasteiger partial charge in [-0.3, -0.25) is 9.59 Å². The van der Waals surface area contributed by atoms with Crippen molar-refractivity contribution in [1.82, 2.24) is 10.2 Å². The third-order valence-electron chi connectivity index (χ3n) is 3.62. The largest absolute Gasteiger partial charge is 0.480 e. The summed E-state index contributed by atoms with van der Waals surface area (Å²) in [7, 11) is 0. The van der Waals surface area contributed by atoms with Gasteiger partial charge in [-0.25, -0.2) is 0 Å². The number of benzene rings is 1.